The van der Waals surface area contributed by atoms with Crippen molar-refractivity contribution in [1.29, 1.82) is 0 Å². The molecule has 6 N–H and O–H groups in total. The van der Waals surface area contributed by atoms with Gasteiger partial charge in [-0.25, -0.2) is 0 Å². The van der Waals surface area contributed by atoms with Gasteiger partial charge in [-0.1, -0.05) is 12.1 Å². The van der Waals surface area contributed by atoms with Gasteiger partial charge in [0.15, 0.2) is 0 Å². The second-order valence-corrected chi connectivity index (χ2v) is 8.01. The Morgan fingerprint density at radius 1 is 0.844 bits per heavy atom. The topological polar surface area (TPSA) is 160 Å². The number of benzene rings is 1. The minimum Gasteiger partial charge on any atom is -0.480 e. The molecule has 0 radical (unpaired) electrons. The first-order valence-electron chi connectivity index (χ1n) is 10.6. The number of nitrogens with two attached hydrogens (primary N) is 1. The second kappa shape index (κ2) is 13.0. The lowest BCUT2D eigenvalue weighted by atomic mass is 10.0. The molecular weight excluding hydrogens is 418 g/mol. The van der Waals surface area contributed by atoms with Crippen LogP contribution >= 0.6 is 0 Å². The highest BCUT2D eigenvalue weighted by Crippen LogP contribution is 2.14. The number of carbonyl (C=O) groups is 3. The van der Waals surface area contributed by atoms with Crippen molar-refractivity contribution in [2.45, 2.75) is 12.5 Å². The molecule has 1 saturated heterocycles. The molecule has 1 aliphatic heterocycles. The molecule has 0 aromatic heterocycles. The lowest BCUT2D eigenvalue weighted by Crippen LogP contribution is -2.52. The summed E-state index contributed by atoms with van der Waals surface area (Å²) in [5.41, 5.74) is 7.38. The van der Waals surface area contributed by atoms with E-state index in [9.17, 15) is 24.6 Å². The lowest BCUT2D eigenvalue weighted by molar-refractivity contribution is -0.141. The fraction of sp³-hybridized carbons (Fsp3) is 0.571. The van der Waals surface area contributed by atoms with E-state index >= 15 is 0 Å². The third-order valence-corrected chi connectivity index (χ3v) is 5.41. The molecule has 1 aromatic rings. The molecule has 1 atom stereocenters. The highest BCUT2D eigenvalue weighted by atomic mass is 16.4. The summed E-state index contributed by atoms with van der Waals surface area (Å²) in [5, 5.41) is 31.3. The largest absolute Gasteiger partial charge is 0.480 e. The summed E-state index contributed by atoms with van der Waals surface area (Å²) in [7, 11) is 0. The number of anilines is 1. The van der Waals surface area contributed by atoms with Crippen LogP contribution in [0.3, 0.4) is 0 Å². The Kier molecular flexibility index (Phi) is 10.3. The van der Waals surface area contributed by atoms with Crippen LogP contribution < -0.4 is 11.1 Å². The van der Waals surface area contributed by atoms with Crippen molar-refractivity contribution < 1.29 is 29.7 Å². The Bertz CT molecular complexity index is 760. The van der Waals surface area contributed by atoms with E-state index in [1.165, 1.54) is 0 Å². The maximum absolute atomic E-state index is 11.5. The Morgan fingerprint density at radius 3 is 2.03 bits per heavy atom. The van der Waals surface area contributed by atoms with Gasteiger partial charge in [0.1, 0.15) is 0 Å². The predicted octanol–water partition coefficient (Wildman–Crippen LogP) is -1.06. The summed E-state index contributed by atoms with van der Waals surface area (Å²) in [6.07, 6.45) is 0.530. The maximum Gasteiger partial charge on any atom is 0.317 e. The fourth-order valence-electron chi connectivity index (χ4n) is 3.85. The first-order valence-corrected chi connectivity index (χ1v) is 10.6. The molecule has 0 bridgehead atoms. The smallest absolute Gasteiger partial charge is 0.317 e. The van der Waals surface area contributed by atoms with Gasteiger partial charge < -0.3 is 26.4 Å². The van der Waals surface area contributed by atoms with Crippen LogP contribution in [0.1, 0.15) is 5.56 Å². The molecular formula is C21H33N5O6. The van der Waals surface area contributed by atoms with Gasteiger partial charge in [0.25, 0.3) is 0 Å². The van der Waals surface area contributed by atoms with Crippen LogP contribution in [0.15, 0.2) is 24.3 Å². The fourth-order valence-corrected chi connectivity index (χ4v) is 3.85. The molecule has 1 aromatic carbocycles. The van der Waals surface area contributed by atoms with Crippen LogP contribution in [-0.2, 0) is 20.8 Å². The number of aliphatic carboxylic acids is 3. The zero-order valence-corrected chi connectivity index (χ0v) is 18.2. The van der Waals surface area contributed by atoms with Gasteiger partial charge in [-0.05, 0) is 24.1 Å². The maximum atomic E-state index is 11.5. The van der Waals surface area contributed by atoms with Gasteiger partial charge >= 0.3 is 17.9 Å². The van der Waals surface area contributed by atoms with Crippen LogP contribution in [0.4, 0.5) is 5.69 Å². The van der Waals surface area contributed by atoms with Crippen LogP contribution in [0.5, 0.6) is 0 Å². The van der Waals surface area contributed by atoms with E-state index in [2.05, 4.69) is 5.32 Å². The molecule has 1 unspecified atom stereocenters. The van der Waals surface area contributed by atoms with Crippen LogP contribution in [0.2, 0.25) is 0 Å². The summed E-state index contributed by atoms with van der Waals surface area (Å²) < 4.78 is 0. The Morgan fingerprint density at radius 2 is 1.41 bits per heavy atom. The minimum absolute atomic E-state index is 0.122. The van der Waals surface area contributed by atoms with E-state index in [1.54, 1.807) is 21.9 Å². The summed E-state index contributed by atoms with van der Waals surface area (Å²) in [6.45, 7) is 2.65. The monoisotopic (exact) mass is 451 g/mol. The first-order chi connectivity index (χ1) is 15.2. The van der Waals surface area contributed by atoms with Crippen molar-refractivity contribution in [2.75, 3.05) is 71.2 Å². The molecule has 1 aliphatic rings. The van der Waals surface area contributed by atoms with Crippen LogP contribution in [-0.4, -0.2) is 119 Å². The highest BCUT2D eigenvalue weighted by molar-refractivity contribution is 5.70. The van der Waals surface area contributed by atoms with Crippen molar-refractivity contribution in [3.05, 3.63) is 29.8 Å². The molecule has 1 heterocycles. The standard InChI is InChI=1S/C21H33N5O6/c22-17-3-1-16(2-4-17)11-18-12-25(14-20(29)30)10-9-24(13-19(27)28)7-5-23-6-8-26(18)15-21(31)32/h1-4,18,23H,5-15,22H2,(H,27,28)(H,29,30)(H,31,32). The van der Waals surface area contributed by atoms with Gasteiger partial charge in [-0.15, -0.1) is 0 Å². The molecule has 0 saturated carbocycles. The summed E-state index contributed by atoms with van der Waals surface area (Å²) in [6, 6.07) is 7.10. The molecule has 0 amide bonds. The van der Waals surface area contributed by atoms with Crippen molar-refractivity contribution >= 4 is 23.6 Å². The third kappa shape index (κ3) is 9.60. The zero-order chi connectivity index (χ0) is 23.5. The van der Waals surface area contributed by atoms with Gasteiger partial charge in [-0.2, -0.15) is 0 Å². The predicted molar refractivity (Wildman–Crippen MR) is 119 cm³/mol. The van der Waals surface area contributed by atoms with E-state index in [4.69, 9.17) is 10.8 Å². The average Bonchev–Trinajstić information content (AvgIpc) is 2.69. The van der Waals surface area contributed by atoms with E-state index in [-0.39, 0.29) is 25.7 Å². The molecule has 1 fully saturated rings. The molecule has 11 nitrogen and oxygen atoms in total. The van der Waals surface area contributed by atoms with Crippen molar-refractivity contribution in [1.82, 2.24) is 20.0 Å². The number of nitrogens with one attached hydrogen (secondary N) is 1. The van der Waals surface area contributed by atoms with E-state index in [1.807, 2.05) is 17.0 Å². The first kappa shape index (κ1) is 25.5. The number of rotatable bonds is 8. The van der Waals surface area contributed by atoms with Crippen molar-refractivity contribution in [3.8, 4) is 0 Å². The van der Waals surface area contributed by atoms with Gasteiger partial charge in [0.2, 0.25) is 0 Å². The van der Waals surface area contributed by atoms with Gasteiger partial charge in [0, 0.05) is 57.5 Å². The summed E-state index contributed by atoms with van der Waals surface area (Å²) in [4.78, 5) is 39.6. The van der Waals surface area contributed by atoms with E-state index in [0.717, 1.165) is 5.56 Å². The molecule has 11 heteroatoms. The highest BCUT2D eigenvalue weighted by Gasteiger charge is 2.26. The molecule has 178 valence electrons. The normalized spacial score (nSPS) is 20.2. The lowest BCUT2D eigenvalue weighted by Gasteiger charge is -2.36. The quantitative estimate of drug-likeness (QED) is 0.307. The molecule has 0 aliphatic carbocycles. The number of carboxylic acids is 3. The summed E-state index contributed by atoms with van der Waals surface area (Å²) in [5.74, 6) is -2.87. The SMILES string of the molecule is Nc1ccc(CC2CN(CC(=O)O)CCN(CC(=O)O)CCNCCN2CC(=O)O)cc1. The third-order valence-electron chi connectivity index (χ3n) is 5.41. The van der Waals surface area contributed by atoms with Gasteiger partial charge in [-0.3, -0.25) is 29.1 Å². The minimum atomic E-state index is -0.987. The number of carboxylic acid groups (broad SMARTS) is 3. The molecule has 2 rings (SSSR count). The number of nitrogen functional groups attached to an aromatic ring is 1. The summed E-state index contributed by atoms with van der Waals surface area (Å²) >= 11 is 0. The van der Waals surface area contributed by atoms with Gasteiger partial charge in [0.05, 0.1) is 19.6 Å². The van der Waals surface area contributed by atoms with E-state index < -0.39 is 17.9 Å². The zero-order valence-electron chi connectivity index (χ0n) is 18.2. The molecule has 0 spiro atoms. The number of hydrogen-bond acceptors (Lipinski definition) is 8. The average molecular weight is 452 g/mol. The van der Waals surface area contributed by atoms with Crippen molar-refractivity contribution in [3.63, 3.8) is 0 Å². The second-order valence-electron chi connectivity index (χ2n) is 8.01. The van der Waals surface area contributed by atoms with E-state index in [0.29, 0.717) is 57.9 Å². The van der Waals surface area contributed by atoms with Crippen LogP contribution in [0, 0.1) is 0 Å². The number of hydrogen-bond donors (Lipinski definition) is 5. The Hall–Kier alpha value is -2.73. The molecule has 32 heavy (non-hydrogen) atoms. The van der Waals surface area contributed by atoms with Crippen LogP contribution in [0.25, 0.3) is 0 Å². The van der Waals surface area contributed by atoms with Crippen molar-refractivity contribution in [2.24, 2.45) is 0 Å². The Balaban J connectivity index is 2.26. The Labute approximate surface area is 187 Å². The number of nitrogens with zero attached hydrogens (tertiary/aromatic N) is 3.